The molecule has 0 saturated carbocycles. The van der Waals surface area contributed by atoms with Crippen LogP contribution in [0.2, 0.25) is 0 Å². The summed E-state index contributed by atoms with van der Waals surface area (Å²) in [7, 11) is 0. The quantitative estimate of drug-likeness (QED) is 0.181. The van der Waals surface area contributed by atoms with E-state index in [-0.39, 0.29) is 0 Å². The van der Waals surface area contributed by atoms with Gasteiger partial charge in [0.25, 0.3) is 0 Å². The summed E-state index contributed by atoms with van der Waals surface area (Å²) in [6.07, 6.45) is 0. The zero-order valence-corrected chi connectivity index (χ0v) is 30.7. The first kappa shape index (κ1) is 31.2. The number of rotatable bonds is 4. The van der Waals surface area contributed by atoms with E-state index in [1.165, 1.54) is 41.7 Å². The van der Waals surface area contributed by atoms with Crippen molar-refractivity contribution in [1.29, 1.82) is 0 Å². The molecule has 0 atom stereocenters. The van der Waals surface area contributed by atoms with Crippen molar-refractivity contribution in [3.63, 3.8) is 0 Å². The smallest absolute Gasteiger partial charge is 0.164 e. The molecule has 56 heavy (non-hydrogen) atoms. The number of furan rings is 1. The summed E-state index contributed by atoms with van der Waals surface area (Å²) >= 11 is 1.86. The lowest BCUT2D eigenvalue weighted by Crippen LogP contribution is -2.00. The van der Waals surface area contributed by atoms with Gasteiger partial charge in [0, 0.05) is 47.6 Å². The Morgan fingerprint density at radius 2 is 0.893 bits per heavy atom. The van der Waals surface area contributed by atoms with Crippen LogP contribution in [0, 0.1) is 0 Å². The van der Waals surface area contributed by atoms with E-state index in [1.54, 1.807) is 0 Å². The van der Waals surface area contributed by atoms with Crippen LogP contribution in [-0.4, -0.2) is 15.0 Å². The highest BCUT2D eigenvalue weighted by atomic mass is 32.1. The lowest BCUT2D eigenvalue weighted by Gasteiger charge is -2.11. The number of benzene rings is 9. The van der Waals surface area contributed by atoms with Gasteiger partial charge in [-0.1, -0.05) is 146 Å². The van der Waals surface area contributed by atoms with E-state index >= 15 is 0 Å². The summed E-state index contributed by atoms with van der Waals surface area (Å²) in [5, 5.41) is 11.8. The molecular weight excluding hydrogens is 703 g/mol. The van der Waals surface area contributed by atoms with Crippen LogP contribution in [0.3, 0.4) is 0 Å². The molecule has 0 aliphatic carbocycles. The molecule has 3 aromatic heterocycles. The second-order valence-corrected chi connectivity index (χ2v) is 15.4. The number of fused-ring (bicyclic) bond motifs is 10. The van der Waals surface area contributed by atoms with Crippen molar-refractivity contribution in [2.75, 3.05) is 0 Å². The molecule has 0 aliphatic rings. The Balaban J connectivity index is 1.09. The van der Waals surface area contributed by atoms with Crippen LogP contribution in [-0.2, 0) is 0 Å². The number of thiophene rings is 1. The predicted molar refractivity (Wildman–Crippen MR) is 234 cm³/mol. The second-order valence-electron chi connectivity index (χ2n) is 14.4. The van der Waals surface area contributed by atoms with Gasteiger partial charge < -0.3 is 4.42 Å². The van der Waals surface area contributed by atoms with E-state index in [4.69, 9.17) is 19.4 Å². The minimum atomic E-state index is 0.598. The van der Waals surface area contributed by atoms with Gasteiger partial charge in [-0.25, -0.2) is 15.0 Å². The van der Waals surface area contributed by atoms with Crippen molar-refractivity contribution < 1.29 is 4.42 Å². The molecule has 9 aromatic carbocycles. The standard InChI is InChI=1S/C51H29N3OS/c1-3-12-33-27-36(21-19-30(33)9-1)49-52-50(37-22-20-31-10-2-4-13-34(31)28-37)54-51(53-49)42-16-8-18-44-47(42)46-38(15-7-17-43(46)55-44)35-24-25-40-41-26-23-32-11-5-6-14-39(32)48(41)56-45(40)29-35/h1-29H. The van der Waals surface area contributed by atoms with E-state index in [0.29, 0.717) is 17.5 Å². The molecule has 260 valence electrons. The normalized spacial score (nSPS) is 11.9. The van der Waals surface area contributed by atoms with Crippen LogP contribution in [0.5, 0.6) is 0 Å². The zero-order valence-electron chi connectivity index (χ0n) is 29.9. The molecule has 0 fully saturated rings. The lowest BCUT2D eigenvalue weighted by molar-refractivity contribution is 0.669. The Hall–Kier alpha value is -7.21. The Labute approximate surface area is 325 Å². The van der Waals surface area contributed by atoms with Gasteiger partial charge in [-0.3, -0.25) is 0 Å². The second kappa shape index (κ2) is 12.2. The summed E-state index contributed by atoms with van der Waals surface area (Å²) in [4.78, 5) is 15.6. The molecule has 12 rings (SSSR count). The maximum atomic E-state index is 6.62. The summed E-state index contributed by atoms with van der Waals surface area (Å²) in [6.45, 7) is 0. The van der Waals surface area contributed by atoms with Gasteiger partial charge in [0.15, 0.2) is 17.5 Å². The molecule has 4 nitrogen and oxygen atoms in total. The topological polar surface area (TPSA) is 51.8 Å². The largest absolute Gasteiger partial charge is 0.456 e. The molecule has 5 heteroatoms. The van der Waals surface area contributed by atoms with Gasteiger partial charge in [-0.15, -0.1) is 11.3 Å². The van der Waals surface area contributed by atoms with Gasteiger partial charge in [-0.05, 0) is 73.8 Å². The van der Waals surface area contributed by atoms with Crippen molar-refractivity contribution in [2.45, 2.75) is 0 Å². The van der Waals surface area contributed by atoms with Gasteiger partial charge in [-0.2, -0.15) is 0 Å². The predicted octanol–water partition coefficient (Wildman–Crippen LogP) is 14.3. The van der Waals surface area contributed by atoms with E-state index in [2.05, 4.69) is 164 Å². The maximum absolute atomic E-state index is 6.62. The fourth-order valence-electron chi connectivity index (χ4n) is 8.38. The summed E-state index contributed by atoms with van der Waals surface area (Å²) in [5.74, 6) is 1.84. The van der Waals surface area contributed by atoms with Crippen LogP contribution in [0.4, 0.5) is 0 Å². The third kappa shape index (κ3) is 4.88. The molecule has 0 unspecified atom stereocenters. The van der Waals surface area contributed by atoms with Crippen molar-refractivity contribution in [3.05, 3.63) is 176 Å². The Morgan fingerprint density at radius 1 is 0.357 bits per heavy atom. The van der Waals surface area contributed by atoms with E-state index in [9.17, 15) is 0 Å². The van der Waals surface area contributed by atoms with Gasteiger partial charge in [0.1, 0.15) is 11.2 Å². The number of hydrogen-bond acceptors (Lipinski definition) is 5. The number of nitrogens with zero attached hydrogens (tertiary/aromatic N) is 3. The highest BCUT2D eigenvalue weighted by molar-refractivity contribution is 7.26. The first-order chi connectivity index (χ1) is 27.7. The average Bonchev–Trinajstić information content (AvgIpc) is 3.84. The van der Waals surface area contributed by atoms with Crippen molar-refractivity contribution in [3.8, 4) is 45.3 Å². The van der Waals surface area contributed by atoms with E-state index < -0.39 is 0 Å². The van der Waals surface area contributed by atoms with Crippen LogP contribution in [0.1, 0.15) is 0 Å². The summed E-state index contributed by atoms with van der Waals surface area (Å²) < 4.78 is 9.20. The molecule has 12 aromatic rings. The molecule has 3 heterocycles. The first-order valence-corrected chi connectivity index (χ1v) is 19.6. The third-order valence-electron chi connectivity index (χ3n) is 11.1. The first-order valence-electron chi connectivity index (χ1n) is 18.8. The van der Waals surface area contributed by atoms with Crippen LogP contribution in [0.15, 0.2) is 180 Å². The SMILES string of the molecule is c1ccc2cc(-c3nc(-c4ccc5ccccc5c4)nc(-c4cccc5oc6cccc(-c7ccc8c(c7)sc7c9ccccc9ccc87)c6c45)n3)ccc2c1. The Kier molecular flexibility index (Phi) is 6.76. The summed E-state index contributed by atoms with van der Waals surface area (Å²) in [6, 6.07) is 62.1. The van der Waals surface area contributed by atoms with Crippen molar-refractivity contribution in [1.82, 2.24) is 15.0 Å². The van der Waals surface area contributed by atoms with Crippen molar-refractivity contribution >= 4 is 85.8 Å². The van der Waals surface area contributed by atoms with Crippen LogP contribution < -0.4 is 0 Å². The zero-order chi connectivity index (χ0) is 36.7. The molecule has 0 radical (unpaired) electrons. The summed E-state index contributed by atoms with van der Waals surface area (Å²) in [5.41, 5.74) is 6.63. The number of aromatic nitrogens is 3. The lowest BCUT2D eigenvalue weighted by atomic mass is 9.96. The third-order valence-corrected chi connectivity index (χ3v) is 12.3. The monoisotopic (exact) mass is 731 g/mol. The maximum Gasteiger partial charge on any atom is 0.164 e. The molecular formula is C51H29N3OS. The molecule has 0 aliphatic heterocycles. The number of hydrogen-bond donors (Lipinski definition) is 0. The van der Waals surface area contributed by atoms with Gasteiger partial charge in [0.05, 0.1) is 0 Å². The van der Waals surface area contributed by atoms with E-state index in [1.807, 2.05) is 23.5 Å². The highest BCUT2D eigenvalue weighted by Crippen LogP contribution is 2.44. The highest BCUT2D eigenvalue weighted by Gasteiger charge is 2.21. The minimum Gasteiger partial charge on any atom is -0.456 e. The van der Waals surface area contributed by atoms with Crippen LogP contribution >= 0.6 is 11.3 Å². The van der Waals surface area contributed by atoms with Gasteiger partial charge >= 0.3 is 0 Å². The fourth-order valence-corrected chi connectivity index (χ4v) is 9.65. The van der Waals surface area contributed by atoms with E-state index in [0.717, 1.165) is 60.5 Å². The molecule has 0 spiro atoms. The Morgan fingerprint density at radius 3 is 1.59 bits per heavy atom. The van der Waals surface area contributed by atoms with Crippen molar-refractivity contribution in [2.24, 2.45) is 0 Å². The van der Waals surface area contributed by atoms with Gasteiger partial charge in [0.2, 0.25) is 0 Å². The molecule has 0 bridgehead atoms. The Bertz CT molecular complexity index is 3460. The fraction of sp³-hybridized carbons (Fsp3) is 0. The van der Waals surface area contributed by atoms with Crippen LogP contribution in [0.25, 0.3) is 120 Å². The molecule has 0 N–H and O–H groups in total. The molecule has 0 saturated heterocycles. The average molecular weight is 732 g/mol. The minimum absolute atomic E-state index is 0.598. The molecule has 0 amide bonds.